The van der Waals surface area contributed by atoms with Gasteiger partial charge in [0.05, 0.1) is 0 Å². The summed E-state index contributed by atoms with van der Waals surface area (Å²) in [7, 11) is 0. The summed E-state index contributed by atoms with van der Waals surface area (Å²) in [6.45, 7) is 7.71. The summed E-state index contributed by atoms with van der Waals surface area (Å²) >= 11 is 0. The SMILES string of the molecule is CC(C)CC(C)NC(=O)CCC(=O)N1CCc2ccccc2C1. The molecule has 1 aliphatic heterocycles. The predicted octanol–water partition coefficient (Wildman–Crippen LogP) is 2.90. The van der Waals surface area contributed by atoms with Gasteiger partial charge >= 0.3 is 0 Å². The molecule has 1 heterocycles. The Hall–Kier alpha value is -1.84. The van der Waals surface area contributed by atoms with Crippen LogP contribution in [0.1, 0.15) is 51.2 Å². The highest BCUT2D eigenvalue weighted by molar-refractivity contribution is 5.84. The zero-order valence-corrected chi connectivity index (χ0v) is 14.5. The van der Waals surface area contributed by atoms with Crippen LogP contribution in [0.25, 0.3) is 0 Å². The minimum atomic E-state index is -0.0242. The van der Waals surface area contributed by atoms with Crippen LogP contribution in [0.5, 0.6) is 0 Å². The molecule has 1 aromatic carbocycles. The molecule has 1 N–H and O–H groups in total. The van der Waals surface area contributed by atoms with Gasteiger partial charge in [-0.15, -0.1) is 0 Å². The number of carbonyl (C=O) groups excluding carboxylic acids is 2. The zero-order chi connectivity index (χ0) is 16.8. The lowest BCUT2D eigenvalue weighted by Crippen LogP contribution is -2.37. The Balaban J connectivity index is 1.76. The molecular weight excluding hydrogens is 288 g/mol. The van der Waals surface area contributed by atoms with Crippen molar-refractivity contribution in [1.82, 2.24) is 10.2 Å². The first-order chi connectivity index (χ1) is 11.0. The number of hydrogen-bond donors (Lipinski definition) is 1. The molecule has 1 unspecified atom stereocenters. The van der Waals surface area contributed by atoms with Crippen molar-refractivity contribution in [1.29, 1.82) is 0 Å². The van der Waals surface area contributed by atoms with Gasteiger partial charge in [0.15, 0.2) is 0 Å². The highest BCUT2D eigenvalue weighted by Crippen LogP contribution is 2.19. The van der Waals surface area contributed by atoms with Gasteiger partial charge in [0.25, 0.3) is 0 Å². The molecule has 0 bridgehead atoms. The fourth-order valence-electron chi connectivity index (χ4n) is 3.20. The van der Waals surface area contributed by atoms with Crippen LogP contribution in [0, 0.1) is 5.92 Å². The van der Waals surface area contributed by atoms with E-state index in [2.05, 4.69) is 31.3 Å². The lowest BCUT2D eigenvalue weighted by molar-refractivity contribution is -0.134. The molecule has 2 amide bonds. The van der Waals surface area contributed by atoms with Gasteiger partial charge in [-0.05, 0) is 36.8 Å². The van der Waals surface area contributed by atoms with Gasteiger partial charge in [0, 0.05) is 32.0 Å². The van der Waals surface area contributed by atoms with Gasteiger partial charge in [-0.1, -0.05) is 38.1 Å². The van der Waals surface area contributed by atoms with Crippen LogP contribution >= 0.6 is 0 Å². The molecule has 0 radical (unpaired) electrons. The number of fused-ring (bicyclic) bond motifs is 1. The third-order valence-electron chi connectivity index (χ3n) is 4.28. The van der Waals surface area contributed by atoms with Crippen LogP contribution in [0.4, 0.5) is 0 Å². The average molecular weight is 316 g/mol. The van der Waals surface area contributed by atoms with Crippen LogP contribution in [0.15, 0.2) is 24.3 Å². The standard InChI is InChI=1S/C19H28N2O2/c1-14(2)12-15(3)20-18(22)8-9-19(23)21-11-10-16-6-4-5-7-17(16)13-21/h4-7,14-15H,8-13H2,1-3H3,(H,20,22). The van der Waals surface area contributed by atoms with E-state index in [1.165, 1.54) is 11.1 Å². The Kier molecular flexibility index (Phi) is 6.20. The van der Waals surface area contributed by atoms with Gasteiger partial charge in [-0.3, -0.25) is 9.59 Å². The number of rotatable bonds is 6. The molecule has 4 nitrogen and oxygen atoms in total. The third-order valence-corrected chi connectivity index (χ3v) is 4.28. The van der Waals surface area contributed by atoms with E-state index in [0.29, 0.717) is 18.9 Å². The number of hydrogen-bond acceptors (Lipinski definition) is 2. The Bertz CT molecular complexity index is 554. The molecule has 0 aromatic heterocycles. The normalized spacial score (nSPS) is 15.2. The Labute approximate surface area is 139 Å². The summed E-state index contributed by atoms with van der Waals surface area (Å²) in [5, 5.41) is 2.98. The fourth-order valence-corrected chi connectivity index (χ4v) is 3.20. The van der Waals surface area contributed by atoms with E-state index in [4.69, 9.17) is 0 Å². The van der Waals surface area contributed by atoms with Gasteiger partial charge < -0.3 is 10.2 Å². The van der Waals surface area contributed by atoms with E-state index in [1.54, 1.807) is 0 Å². The summed E-state index contributed by atoms with van der Waals surface area (Å²) < 4.78 is 0. The van der Waals surface area contributed by atoms with Crippen molar-refractivity contribution in [2.24, 2.45) is 5.92 Å². The fraction of sp³-hybridized carbons (Fsp3) is 0.579. The topological polar surface area (TPSA) is 49.4 Å². The first-order valence-corrected chi connectivity index (χ1v) is 8.59. The summed E-state index contributed by atoms with van der Waals surface area (Å²) in [4.78, 5) is 26.1. The number of carbonyl (C=O) groups is 2. The van der Waals surface area contributed by atoms with Crippen LogP contribution in [-0.2, 0) is 22.6 Å². The van der Waals surface area contributed by atoms with Crippen LogP contribution < -0.4 is 5.32 Å². The lowest BCUT2D eigenvalue weighted by Gasteiger charge is -2.29. The molecule has 1 aliphatic rings. The molecule has 1 atom stereocenters. The molecule has 1 aromatic rings. The maximum absolute atomic E-state index is 12.3. The van der Waals surface area contributed by atoms with E-state index in [9.17, 15) is 9.59 Å². The van der Waals surface area contributed by atoms with Crippen molar-refractivity contribution in [3.63, 3.8) is 0 Å². The number of amides is 2. The van der Waals surface area contributed by atoms with E-state index < -0.39 is 0 Å². The number of benzene rings is 1. The van der Waals surface area contributed by atoms with Crippen molar-refractivity contribution < 1.29 is 9.59 Å². The average Bonchev–Trinajstić information content (AvgIpc) is 2.51. The van der Waals surface area contributed by atoms with Crippen LogP contribution in [-0.4, -0.2) is 29.3 Å². The van der Waals surface area contributed by atoms with E-state index in [-0.39, 0.29) is 24.3 Å². The van der Waals surface area contributed by atoms with E-state index in [1.807, 2.05) is 24.0 Å². The molecule has 4 heteroatoms. The minimum absolute atomic E-state index is 0.0242. The molecule has 2 rings (SSSR count). The molecule has 126 valence electrons. The molecule has 0 spiro atoms. The Morgan fingerprint density at radius 2 is 1.83 bits per heavy atom. The maximum atomic E-state index is 12.3. The van der Waals surface area contributed by atoms with Gasteiger partial charge in [0.2, 0.25) is 11.8 Å². The van der Waals surface area contributed by atoms with Crippen molar-refractivity contribution in [3.8, 4) is 0 Å². The second kappa shape index (κ2) is 8.14. The van der Waals surface area contributed by atoms with Crippen molar-refractivity contribution >= 4 is 11.8 Å². The Morgan fingerprint density at radius 3 is 2.52 bits per heavy atom. The lowest BCUT2D eigenvalue weighted by atomic mass is 9.99. The van der Waals surface area contributed by atoms with Crippen molar-refractivity contribution in [2.45, 2.75) is 59.0 Å². The zero-order valence-electron chi connectivity index (χ0n) is 14.5. The monoisotopic (exact) mass is 316 g/mol. The smallest absolute Gasteiger partial charge is 0.223 e. The summed E-state index contributed by atoms with van der Waals surface area (Å²) in [5.74, 6) is 0.607. The predicted molar refractivity (Wildman–Crippen MR) is 91.9 cm³/mol. The first kappa shape index (κ1) is 17.5. The summed E-state index contributed by atoms with van der Waals surface area (Å²) in [6, 6.07) is 8.42. The molecule has 0 saturated carbocycles. The van der Waals surface area contributed by atoms with Crippen molar-refractivity contribution in [2.75, 3.05) is 6.54 Å². The van der Waals surface area contributed by atoms with Crippen molar-refractivity contribution in [3.05, 3.63) is 35.4 Å². The molecular formula is C19H28N2O2. The molecule has 0 aliphatic carbocycles. The second-order valence-corrected chi connectivity index (χ2v) is 6.93. The summed E-state index contributed by atoms with van der Waals surface area (Å²) in [5.41, 5.74) is 2.55. The minimum Gasteiger partial charge on any atom is -0.354 e. The molecule has 23 heavy (non-hydrogen) atoms. The van der Waals surface area contributed by atoms with E-state index in [0.717, 1.165) is 19.4 Å². The first-order valence-electron chi connectivity index (χ1n) is 8.59. The van der Waals surface area contributed by atoms with Crippen LogP contribution in [0.3, 0.4) is 0 Å². The largest absolute Gasteiger partial charge is 0.354 e. The van der Waals surface area contributed by atoms with E-state index >= 15 is 0 Å². The highest BCUT2D eigenvalue weighted by Gasteiger charge is 2.21. The Morgan fingerprint density at radius 1 is 1.13 bits per heavy atom. The molecule has 0 saturated heterocycles. The van der Waals surface area contributed by atoms with Gasteiger partial charge in [-0.25, -0.2) is 0 Å². The molecule has 0 fully saturated rings. The van der Waals surface area contributed by atoms with Gasteiger partial charge in [-0.2, -0.15) is 0 Å². The van der Waals surface area contributed by atoms with Crippen LogP contribution in [0.2, 0.25) is 0 Å². The summed E-state index contributed by atoms with van der Waals surface area (Å²) in [6.07, 6.45) is 2.43. The van der Waals surface area contributed by atoms with Gasteiger partial charge in [0.1, 0.15) is 0 Å². The maximum Gasteiger partial charge on any atom is 0.223 e. The quantitative estimate of drug-likeness (QED) is 0.877. The second-order valence-electron chi connectivity index (χ2n) is 6.93. The highest BCUT2D eigenvalue weighted by atomic mass is 16.2. The third kappa shape index (κ3) is 5.38. The number of nitrogens with one attached hydrogen (secondary N) is 1. The number of nitrogens with zero attached hydrogens (tertiary/aromatic N) is 1.